The second-order valence-corrected chi connectivity index (χ2v) is 5.25. The third-order valence-electron chi connectivity index (χ3n) is 3.56. The van der Waals surface area contributed by atoms with Gasteiger partial charge in [-0.15, -0.1) is 0 Å². The molecule has 0 amide bonds. The highest BCUT2D eigenvalue weighted by molar-refractivity contribution is 6.12. The largest absolute Gasteiger partial charge is 0.486 e. The molecule has 2 aliphatic rings. The summed E-state index contributed by atoms with van der Waals surface area (Å²) < 4.78 is 29.4. The molecule has 0 saturated carbocycles. The summed E-state index contributed by atoms with van der Waals surface area (Å²) in [6, 6.07) is 11.1. The van der Waals surface area contributed by atoms with Gasteiger partial charge in [-0.25, -0.2) is 14.2 Å². The second-order valence-electron chi connectivity index (χ2n) is 5.25. The van der Waals surface area contributed by atoms with Gasteiger partial charge >= 0.3 is 5.97 Å². The molecule has 0 aliphatic carbocycles. The highest BCUT2D eigenvalue weighted by atomic mass is 19.1. The van der Waals surface area contributed by atoms with E-state index in [1.54, 1.807) is 30.3 Å². The Labute approximate surface area is 137 Å². The average molecular weight is 325 g/mol. The van der Waals surface area contributed by atoms with Crippen LogP contribution in [-0.4, -0.2) is 25.1 Å². The van der Waals surface area contributed by atoms with Crippen LogP contribution in [0.1, 0.15) is 11.1 Å². The zero-order chi connectivity index (χ0) is 16.5. The fourth-order valence-electron chi connectivity index (χ4n) is 2.46. The molecule has 0 atom stereocenters. The monoisotopic (exact) mass is 325 g/mol. The molecule has 0 aromatic heterocycles. The molecule has 0 spiro atoms. The molecule has 0 fully saturated rings. The van der Waals surface area contributed by atoms with E-state index < -0.39 is 11.8 Å². The fourth-order valence-corrected chi connectivity index (χ4v) is 2.46. The number of fused-ring (bicyclic) bond motifs is 1. The van der Waals surface area contributed by atoms with Crippen LogP contribution in [0, 0.1) is 5.82 Å². The third-order valence-corrected chi connectivity index (χ3v) is 3.56. The Kier molecular flexibility index (Phi) is 3.49. The molecule has 4 rings (SSSR count). The molecular formula is C18H12FNO4. The average Bonchev–Trinajstić information content (AvgIpc) is 2.96. The standard InChI is InChI=1S/C18H12FNO4/c19-13-3-1-2-12(10-13)17-20-14(18(21)24-17)8-11-4-5-15-16(9-11)23-7-6-22-15/h1-5,8-10H,6-7H2/b14-8+. The van der Waals surface area contributed by atoms with E-state index in [1.165, 1.54) is 18.2 Å². The van der Waals surface area contributed by atoms with Crippen LogP contribution < -0.4 is 9.47 Å². The van der Waals surface area contributed by atoms with Crippen molar-refractivity contribution < 1.29 is 23.4 Å². The number of ether oxygens (including phenoxy) is 3. The third kappa shape index (κ3) is 2.74. The number of hydrogen-bond acceptors (Lipinski definition) is 5. The van der Waals surface area contributed by atoms with E-state index in [1.807, 2.05) is 0 Å². The number of hydrogen-bond donors (Lipinski definition) is 0. The summed E-state index contributed by atoms with van der Waals surface area (Å²) in [6.45, 7) is 0.998. The quantitative estimate of drug-likeness (QED) is 0.629. The molecule has 2 aromatic rings. The predicted molar refractivity (Wildman–Crippen MR) is 84.4 cm³/mol. The highest BCUT2D eigenvalue weighted by Crippen LogP contribution is 2.32. The molecule has 0 unspecified atom stereocenters. The Bertz CT molecular complexity index is 888. The lowest BCUT2D eigenvalue weighted by molar-refractivity contribution is -0.129. The summed E-state index contributed by atoms with van der Waals surface area (Å²) in [5, 5.41) is 0. The summed E-state index contributed by atoms with van der Waals surface area (Å²) in [5.41, 5.74) is 1.29. The Morgan fingerprint density at radius 1 is 1.04 bits per heavy atom. The van der Waals surface area contributed by atoms with Gasteiger partial charge in [0.05, 0.1) is 0 Å². The Hall–Kier alpha value is -3.15. The molecule has 0 bridgehead atoms. The number of cyclic esters (lactones) is 1. The predicted octanol–water partition coefficient (Wildman–Crippen LogP) is 2.94. The first-order chi connectivity index (χ1) is 11.7. The van der Waals surface area contributed by atoms with Gasteiger partial charge in [-0.05, 0) is 42.0 Å². The van der Waals surface area contributed by atoms with Gasteiger partial charge in [0.1, 0.15) is 19.0 Å². The minimum Gasteiger partial charge on any atom is -0.486 e. The SMILES string of the molecule is O=C1OC(c2cccc(F)c2)=N/C1=C/c1ccc2c(c1)OCCO2. The van der Waals surface area contributed by atoms with Gasteiger partial charge in [0.2, 0.25) is 5.90 Å². The first kappa shape index (κ1) is 14.4. The van der Waals surface area contributed by atoms with Crippen LogP contribution in [-0.2, 0) is 9.53 Å². The molecule has 0 radical (unpaired) electrons. The second kappa shape index (κ2) is 5.81. The van der Waals surface area contributed by atoms with E-state index in [-0.39, 0.29) is 11.6 Å². The van der Waals surface area contributed by atoms with Crippen molar-refractivity contribution in [3.63, 3.8) is 0 Å². The number of carbonyl (C=O) groups is 1. The van der Waals surface area contributed by atoms with Gasteiger partial charge in [-0.2, -0.15) is 0 Å². The molecule has 2 aromatic carbocycles. The van der Waals surface area contributed by atoms with Crippen LogP contribution in [0.4, 0.5) is 4.39 Å². The number of esters is 1. The van der Waals surface area contributed by atoms with E-state index in [0.29, 0.717) is 30.3 Å². The first-order valence-electron chi connectivity index (χ1n) is 7.37. The maximum atomic E-state index is 13.3. The minimum absolute atomic E-state index is 0.0864. The van der Waals surface area contributed by atoms with Crippen molar-refractivity contribution in [2.75, 3.05) is 13.2 Å². The topological polar surface area (TPSA) is 57.1 Å². The van der Waals surface area contributed by atoms with Gasteiger partial charge in [-0.3, -0.25) is 0 Å². The van der Waals surface area contributed by atoms with Crippen molar-refractivity contribution in [3.8, 4) is 11.5 Å². The molecule has 0 N–H and O–H groups in total. The van der Waals surface area contributed by atoms with Crippen LogP contribution in [0.2, 0.25) is 0 Å². The van der Waals surface area contributed by atoms with Crippen molar-refractivity contribution in [1.29, 1.82) is 0 Å². The lowest BCUT2D eigenvalue weighted by atomic mass is 10.1. The Morgan fingerprint density at radius 3 is 2.71 bits per heavy atom. The maximum absolute atomic E-state index is 13.3. The molecular weight excluding hydrogens is 313 g/mol. The van der Waals surface area contributed by atoms with Crippen LogP contribution >= 0.6 is 0 Å². The molecule has 2 aliphatic heterocycles. The molecule has 2 heterocycles. The molecule has 0 saturated heterocycles. The molecule has 24 heavy (non-hydrogen) atoms. The number of halogens is 1. The zero-order valence-corrected chi connectivity index (χ0v) is 12.5. The Balaban J connectivity index is 1.66. The normalized spacial score (nSPS) is 17.6. The van der Waals surface area contributed by atoms with Crippen LogP contribution in [0.3, 0.4) is 0 Å². The molecule has 120 valence electrons. The smallest absolute Gasteiger partial charge is 0.363 e. The summed E-state index contributed by atoms with van der Waals surface area (Å²) in [4.78, 5) is 16.1. The van der Waals surface area contributed by atoms with Crippen molar-refractivity contribution >= 4 is 17.9 Å². The van der Waals surface area contributed by atoms with E-state index in [9.17, 15) is 9.18 Å². The summed E-state index contributed by atoms with van der Waals surface area (Å²) in [6.07, 6.45) is 1.59. The number of carbonyl (C=O) groups excluding carboxylic acids is 1. The van der Waals surface area contributed by atoms with Crippen LogP contribution in [0.15, 0.2) is 53.2 Å². The number of aliphatic imine (C=N–C) groups is 1. The van der Waals surface area contributed by atoms with Crippen LogP contribution in [0.5, 0.6) is 11.5 Å². The fraction of sp³-hybridized carbons (Fsp3) is 0.111. The van der Waals surface area contributed by atoms with E-state index in [2.05, 4.69) is 4.99 Å². The zero-order valence-electron chi connectivity index (χ0n) is 12.5. The first-order valence-corrected chi connectivity index (χ1v) is 7.37. The summed E-state index contributed by atoms with van der Waals surface area (Å²) in [5.74, 6) is 0.376. The molecule has 5 nitrogen and oxygen atoms in total. The Morgan fingerprint density at radius 2 is 1.88 bits per heavy atom. The van der Waals surface area contributed by atoms with E-state index >= 15 is 0 Å². The molecule has 6 heteroatoms. The minimum atomic E-state index is -0.579. The number of rotatable bonds is 2. The van der Waals surface area contributed by atoms with Crippen LogP contribution in [0.25, 0.3) is 6.08 Å². The van der Waals surface area contributed by atoms with Crippen molar-refractivity contribution in [2.24, 2.45) is 4.99 Å². The van der Waals surface area contributed by atoms with Gasteiger partial charge in [0, 0.05) is 5.56 Å². The maximum Gasteiger partial charge on any atom is 0.363 e. The van der Waals surface area contributed by atoms with Crippen molar-refractivity contribution in [2.45, 2.75) is 0 Å². The van der Waals surface area contributed by atoms with E-state index in [4.69, 9.17) is 14.2 Å². The summed E-state index contributed by atoms with van der Waals surface area (Å²) in [7, 11) is 0. The van der Waals surface area contributed by atoms with E-state index in [0.717, 1.165) is 5.56 Å². The van der Waals surface area contributed by atoms with Crippen molar-refractivity contribution in [3.05, 3.63) is 65.1 Å². The van der Waals surface area contributed by atoms with Gasteiger partial charge in [0.15, 0.2) is 17.2 Å². The van der Waals surface area contributed by atoms with Crippen molar-refractivity contribution in [1.82, 2.24) is 0 Å². The van der Waals surface area contributed by atoms with Gasteiger partial charge < -0.3 is 14.2 Å². The highest BCUT2D eigenvalue weighted by Gasteiger charge is 2.24. The number of benzene rings is 2. The summed E-state index contributed by atoms with van der Waals surface area (Å²) >= 11 is 0. The van der Waals surface area contributed by atoms with Gasteiger partial charge in [0.25, 0.3) is 0 Å². The van der Waals surface area contributed by atoms with Gasteiger partial charge in [-0.1, -0.05) is 12.1 Å². The lowest BCUT2D eigenvalue weighted by Crippen LogP contribution is -2.15. The lowest BCUT2D eigenvalue weighted by Gasteiger charge is -2.18. The number of nitrogens with zero attached hydrogens (tertiary/aromatic N) is 1.